The first-order valence-corrected chi connectivity index (χ1v) is 4.20. The van der Waals surface area contributed by atoms with Crippen molar-refractivity contribution in [1.29, 1.82) is 0 Å². The Hall–Kier alpha value is -1.00. The van der Waals surface area contributed by atoms with Crippen LogP contribution in [0.2, 0.25) is 0 Å². The molecule has 1 rings (SSSR count). The number of aliphatic hydroxyl groups excluding tert-OH is 1. The molecule has 0 spiro atoms. The molecule has 0 unspecified atom stereocenters. The Morgan fingerprint density at radius 2 is 2.15 bits per heavy atom. The van der Waals surface area contributed by atoms with Crippen LogP contribution in [0.1, 0.15) is 17.1 Å². The van der Waals surface area contributed by atoms with Crippen LogP contribution in [-0.4, -0.2) is 34.1 Å². The largest absolute Gasteiger partial charge is 0.392 e. The van der Waals surface area contributed by atoms with Gasteiger partial charge in [0.15, 0.2) is 0 Å². The standard InChI is InChI=1S/C9H15N3O/c1-7-8(6-13)4-10-9(11-7)5-12(2)3/h4,13H,5-6H2,1-3H3. The van der Waals surface area contributed by atoms with Gasteiger partial charge in [0.1, 0.15) is 5.82 Å². The van der Waals surface area contributed by atoms with Crippen LogP contribution in [0.15, 0.2) is 6.20 Å². The molecule has 0 aliphatic heterocycles. The topological polar surface area (TPSA) is 49.2 Å². The maximum atomic E-state index is 8.90. The van der Waals surface area contributed by atoms with Crippen molar-refractivity contribution in [1.82, 2.24) is 14.9 Å². The van der Waals surface area contributed by atoms with Gasteiger partial charge in [0.25, 0.3) is 0 Å². The molecule has 0 atom stereocenters. The lowest BCUT2D eigenvalue weighted by Crippen LogP contribution is -2.14. The van der Waals surface area contributed by atoms with Crippen molar-refractivity contribution in [3.05, 3.63) is 23.3 Å². The van der Waals surface area contributed by atoms with E-state index in [1.165, 1.54) is 0 Å². The lowest BCUT2D eigenvalue weighted by Gasteiger charge is -2.09. The Labute approximate surface area is 78.2 Å². The minimum Gasteiger partial charge on any atom is -0.392 e. The molecule has 13 heavy (non-hydrogen) atoms. The van der Waals surface area contributed by atoms with Gasteiger partial charge in [0.05, 0.1) is 13.2 Å². The van der Waals surface area contributed by atoms with E-state index in [9.17, 15) is 0 Å². The number of hydrogen-bond acceptors (Lipinski definition) is 4. The van der Waals surface area contributed by atoms with Crippen LogP contribution in [0.3, 0.4) is 0 Å². The molecule has 1 aromatic rings. The average Bonchev–Trinajstić information content (AvgIpc) is 2.03. The summed E-state index contributed by atoms with van der Waals surface area (Å²) in [5, 5.41) is 8.90. The van der Waals surface area contributed by atoms with Crippen molar-refractivity contribution in [2.24, 2.45) is 0 Å². The quantitative estimate of drug-likeness (QED) is 0.730. The van der Waals surface area contributed by atoms with Crippen LogP contribution in [0.5, 0.6) is 0 Å². The van der Waals surface area contributed by atoms with E-state index >= 15 is 0 Å². The first-order valence-electron chi connectivity index (χ1n) is 4.20. The fraction of sp³-hybridized carbons (Fsp3) is 0.556. The average molecular weight is 181 g/mol. The van der Waals surface area contributed by atoms with Gasteiger partial charge < -0.3 is 10.0 Å². The third kappa shape index (κ3) is 2.75. The predicted molar refractivity (Wildman–Crippen MR) is 50.1 cm³/mol. The zero-order valence-electron chi connectivity index (χ0n) is 8.28. The predicted octanol–water partition coefficient (Wildman–Crippen LogP) is 0.339. The monoisotopic (exact) mass is 181 g/mol. The minimum atomic E-state index is 0.00801. The zero-order chi connectivity index (χ0) is 9.84. The molecule has 4 nitrogen and oxygen atoms in total. The van der Waals surface area contributed by atoms with Gasteiger partial charge in [-0.15, -0.1) is 0 Å². The van der Waals surface area contributed by atoms with Crippen LogP contribution in [0, 0.1) is 6.92 Å². The fourth-order valence-corrected chi connectivity index (χ4v) is 1.05. The van der Waals surface area contributed by atoms with Crippen LogP contribution in [-0.2, 0) is 13.2 Å². The Bertz CT molecular complexity index is 286. The highest BCUT2D eigenvalue weighted by atomic mass is 16.3. The molecule has 0 aromatic carbocycles. The molecule has 1 aromatic heterocycles. The van der Waals surface area contributed by atoms with E-state index in [0.29, 0.717) is 0 Å². The highest BCUT2D eigenvalue weighted by Gasteiger charge is 2.02. The van der Waals surface area contributed by atoms with E-state index in [-0.39, 0.29) is 6.61 Å². The Morgan fingerprint density at radius 3 is 2.62 bits per heavy atom. The van der Waals surface area contributed by atoms with Crippen LogP contribution in [0.4, 0.5) is 0 Å². The van der Waals surface area contributed by atoms with Crippen molar-refractivity contribution in [2.75, 3.05) is 14.1 Å². The molecule has 0 amide bonds. The van der Waals surface area contributed by atoms with Gasteiger partial charge in [0.2, 0.25) is 0 Å². The first-order chi connectivity index (χ1) is 6.13. The normalized spacial score (nSPS) is 10.8. The van der Waals surface area contributed by atoms with E-state index in [1.807, 2.05) is 25.9 Å². The molecule has 0 fully saturated rings. The molecule has 4 heteroatoms. The second kappa shape index (κ2) is 4.30. The lowest BCUT2D eigenvalue weighted by molar-refractivity contribution is 0.279. The van der Waals surface area contributed by atoms with E-state index in [1.54, 1.807) is 6.20 Å². The van der Waals surface area contributed by atoms with Crippen LogP contribution < -0.4 is 0 Å². The number of aryl methyl sites for hydroxylation is 1. The molecule has 0 bridgehead atoms. The summed E-state index contributed by atoms with van der Waals surface area (Å²) in [5.74, 6) is 0.791. The molecule has 1 heterocycles. The highest BCUT2D eigenvalue weighted by molar-refractivity contribution is 5.14. The first kappa shape index (κ1) is 10.1. The summed E-state index contributed by atoms with van der Waals surface area (Å²) >= 11 is 0. The summed E-state index contributed by atoms with van der Waals surface area (Å²) < 4.78 is 0. The summed E-state index contributed by atoms with van der Waals surface area (Å²) in [7, 11) is 3.94. The smallest absolute Gasteiger partial charge is 0.142 e. The molecule has 0 aliphatic carbocycles. The summed E-state index contributed by atoms with van der Waals surface area (Å²) in [6.07, 6.45) is 1.68. The van der Waals surface area contributed by atoms with Crippen molar-refractivity contribution in [3.8, 4) is 0 Å². The van der Waals surface area contributed by atoms with Crippen molar-refractivity contribution in [2.45, 2.75) is 20.1 Å². The summed E-state index contributed by atoms with van der Waals surface area (Å²) in [6.45, 7) is 2.62. The molecular formula is C9H15N3O. The van der Waals surface area contributed by atoms with Gasteiger partial charge in [-0.1, -0.05) is 0 Å². The molecule has 1 N–H and O–H groups in total. The molecule has 0 saturated carbocycles. The van der Waals surface area contributed by atoms with E-state index in [4.69, 9.17) is 5.11 Å². The lowest BCUT2D eigenvalue weighted by atomic mass is 10.2. The van der Waals surface area contributed by atoms with E-state index in [0.717, 1.165) is 23.6 Å². The Morgan fingerprint density at radius 1 is 1.46 bits per heavy atom. The van der Waals surface area contributed by atoms with Gasteiger partial charge in [-0.05, 0) is 21.0 Å². The molecule has 72 valence electrons. The van der Waals surface area contributed by atoms with Crippen molar-refractivity contribution in [3.63, 3.8) is 0 Å². The Kier molecular flexibility index (Phi) is 3.33. The number of hydrogen-bond donors (Lipinski definition) is 1. The summed E-state index contributed by atoms with van der Waals surface area (Å²) in [6, 6.07) is 0. The van der Waals surface area contributed by atoms with Crippen LogP contribution in [0.25, 0.3) is 0 Å². The summed E-state index contributed by atoms with van der Waals surface area (Å²) in [5.41, 5.74) is 1.65. The molecular weight excluding hydrogens is 166 g/mol. The molecule has 0 saturated heterocycles. The van der Waals surface area contributed by atoms with Crippen molar-refractivity contribution < 1.29 is 5.11 Å². The number of rotatable bonds is 3. The summed E-state index contributed by atoms with van der Waals surface area (Å²) in [4.78, 5) is 10.4. The van der Waals surface area contributed by atoms with Gasteiger partial charge in [-0.3, -0.25) is 0 Å². The molecule has 0 aliphatic rings. The van der Waals surface area contributed by atoms with Gasteiger partial charge in [-0.2, -0.15) is 0 Å². The Balaban J connectivity index is 2.83. The van der Waals surface area contributed by atoms with Crippen LogP contribution >= 0.6 is 0 Å². The van der Waals surface area contributed by atoms with Gasteiger partial charge in [0, 0.05) is 17.5 Å². The van der Waals surface area contributed by atoms with Crippen molar-refractivity contribution >= 4 is 0 Å². The minimum absolute atomic E-state index is 0.00801. The van der Waals surface area contributed by atoms with Gasteiger partial charge >= 0.3 is 0 Å². The zero-order valence-corrected chi connectivity index (χ0v) is 8.28. The third-order valence-electron chi connectivity index (χ3n) is 1.76. The third-order valence-corrected chi connectivity index (χ3v) is 1.76. The second-order valence-electron chi connectivity index (χ2n) is 3.29. The number of aliphatic hydroxyl groups is 1. The maximum absolute atomic E-state index is 8.90. The SMILES string of the molecule is Cc1nc(CN(C)C)ncc1CO. The molecule has 0 radical (unpaired) electrons. The second-order valence-corrected chi connectivity index (χ2v) is 3.29. The highest BCUT2D eigenvalue weighted by Crippen LogP contribution is 2.04. The number of aromatic nitrogens is 2. The number of nitrogens with zero attached hydrogens (tertiary/aromatic N) is 3. The van der Waals surface area contributed by atoms with Gasteiger partial charge in [-0.25, -0.2) is 9.97 Å². The maximum Gasteiger partial charge on any atom is 0.142 e. The van der Waals surface area contributed by atoms with E-state index < -0.39 is 0 Å². The fourth-order valence-electron chi connectivity index (χ4n) is 1.05. The van der Waals surface area contributed by atoms with E-state index in [2.05, 4.69) is 9.97 Å².